The van der Waals surface area contributed by atoms with Crippen molar-refractivity contribution in [2.75, 3.05) is 6.61 Å². The Balaban J connectivity index is 1.62. The number of hydrogen-bond donors (Lipinski definition) is 1. The van der Waals surface area contributed by atoms with Crippen LogP contribution >= 0.6 is 0 Å². The third kappa shape index (κ3) is 2.75. The van der Waals surface area contributed by atoms with Crippen LogP contribution in [-0.4, -0.2) is 28.3 Å². The van der Waals surface area contributed by atoms with Gasteiger partial charge >= 0.3 is 0 Å². The molecule has 0 radical (unpaired) electrons. The molecule has 6 heteroatoms. The lowest BCUT2D eigenvalue weighted by Gasteiger charge is -2.18. The van der Waals surface area contributed by atoms with Gasteiger partial charge in [-0.15, -0.1) is 0 Å². The quantitative estimate of drug-likeness (QED) is 0.910. The van der Waals surface area contributed by atoms with Crippen molar-refractivity contribution in [1.29, 1.82) is 0 Å². The summed E-state index contributed by atoms with van der Waals surface area (Å²) in [4.78, 5) is 12.0. The average Bonchev–Trinajstić information content (AvgIpc) is 3.11. The fraction of sp³-hybridized carbons (Fsp3) is 0.429. The summed E-state index contributed by atoms with van der Waals surface area (Å²) in [5, 5.41) is 7.18. The standard InChI is InChI=1S/C14H17N3O3/c1-17-8-11(7-15-17)14-12(3-5-20-14)16-13(18)6-10-2-4-19-9-10/h2,4,7-9,12,14H,3,5-6H2,1H3,(H,16,18)/t12-,14+/m0/s1. The van der Waals surface area contributed by atoms with Gasteiger partial charge in [0.2, 0.25) is 5.91 Å². The molecule has 0 saturated carbocycles. The zero-order valence-electron chi connectivity index (χ0n) is 11.3. The normalized spacial score (nSPS) is 22.1. The van der Waals surface area contributed by atoms with E-state index in [2.05, 4.69) is 10.4 Å². The molecule has 0 unspecified atom stereocenters. The largest absolute Gasteiger partial charge is 0.472 e. The van der Waals surface area contributed by atoms with Crippen LogP contribution in [0.25, 0.3) is 0 Å². The van der Waals surface area contributed by atoms with E-state index < -0.39 is 0 Å². The lowest BCUT2D eigenvalue weighted by Crippen LogP contribution is -2.37. The lowest BCUT2D eigenvalue weighted by molar-refractivity contribution is -0.121. The van der Waals surface area contributed by atoms with E-state index in [1.54, 1.807) is 29.5 Å². The van der Waals surface area contributed by atoms with Gasteiger partial charge in [-0.3, -0.25) is 9.48 Å². The number of carbonyl (C=O) groups is 1. The first-order valence-corrected chi connectivity index (χ1v) is 6.63. The van der Waals surface area contributed by atoms with Crippen LogP contribution in [0.2, 0.25) is 0 Å². The minimum Gasteiger partial charge on any atom is -0.472 e. The molecule has 1 saturated heterocycles. The molecule has 0 aromatic carbocycles. The third-order valence-corrected chi connectivity index (χ3v) is 3.44. The monoisotopic (exact) mass is 275 g/mol. The number of hydrogen-bond acceptors (Lipinski definition) is 4. The highest BCUT2D eigenvalue weighted by molar-refractivity contribution is 5.78. The second-order valence-electron chi connectivity index (χ2n) is 5.01. The predicted octanol–water partition coefficient (Wildman–Crippen LogP) is 1.20. The first-order chi connectivity index (χ1) is 9.72. The minimum absolute atomic E-state index is 0.00130. The molecular weight excluding hydrogens is 258 g/mol. The van der Waals surface area contributed by atoms with Crippen molar-refractivity contribution in [1.82, 2.24) is 15.1 Å². The molecule has 0 spiro atoms. The van der Waals surface area contributed by atoms with Crippen LogP contribution < -0.4 is 5.32 Å². The van der Waals surface area contributed by atoms with Crippen molar-refractivity contribution in [3.8, 4) is 0 Å². The van der Waals surface area contributed by atoms with Gasteiger partial charge in [0, 0.05) is 25.4 Å². The van der Waals surface area contributed by atoms with E-state index in [4.69, 9.17) is 9.15 Å². The summed E-state index contributed by atoms with van der Waals surface area (Å²) >= 11 is 0. The number of furan rings is 1. The number of aromatic nitrogens is 2. The van der Waals surface area contributed by atoms with Gasteiger partial charge in [-0.2, -0.15) is 5.10 Å². The first kappa shape index (κ1) is 12.9. The molecule has 3 rings (SSSR count). The fourth-order valence-corrected chi connectivity index (χ4v) is 2.49. The minimum atomic E-state index is -0.114. The van der Waals surface area contributed by atoms with Gasteiger partial charge in [0.05, 0.1) is 31.2 Å². The van der Waals surface area contributed by atoms with E-state index in [-0.39, 0.29) is 18.1 Å². The number of aryl methyl sites for hydroxylation is 1. The van der Waals surface area contributed by atoms with Crippen molar-refractivity contribution in [2.45, 2.75) is 25.0 Å². The van der Waals surface area contributed by atoms with E-state index in [0.29, 0.717) is 13.0 Å². The molecular formula is C14H17N3O3. The van der Waals surface area contributed by atoms with Crippen LogP contribution in [0.15, 0.2) is 35.4 Å². The molecule has 106 valence electrons. The van der Waals surface area contributed by atoms with E-state index in [0.717, 1.165) is 17.5 Å². The van der Waals surface area contributed by atoms with Gasteiger partial charge in [-0.25, -0.2) is 0 Å². The van der Waals surface area contributed by atoms with Crippen molar-refractivity contribution in [2.24, 2.45) is 7.05 Å². The van der Waals surface area contributed by atoms with Gasteiger partial charge < -0.3 is 14.5 Å². The Labute approximate surface area is 116 Å². The van der Waals surface area contributed by atoms with Gasteiger partial charge in [-0.1, -0.05) is 0 Å². The maximum Gasteiger partial charge on any atom is 0.224 e. The summed E-state index contributed by atoms with van der Waals surface area (Å²) in [5.74, 6) is -0.0178. The molecule has 1 amide bonds. The van der Waals surface area contributed by atoms with Crippen LogP contribution in [0, 0.1) is 0 Å². The Hall–Kier alpha value is -2.08. The highest BCUT2D eigenvalue weighted by Gasteiger charge is 2.31. The molecule has 2 aromatic heterocycles. The summed E-state index contributed by atoms with van der Waals surface area (Å²) in [7, 11) is 1.87. The second kappa shape index (κ2) is 5.50. The van der Waals surface area contributed by atoms with Crippen molar-refractivity contribution in [3.05, 3.63) is 42.1 Å². The highest BCUT2D eigenvalue weighted by atomic mass is 16.5. The molecule has 1 aliphatic heterocycles. The topological polar surface area (TPSA) is 69.3 Å². The van der Waals surface area contributed by atoms with Crippen LogP contribution in [0.4, 0.5) is 0 Å². The summed E-state index contributed by atoms with van der Waals surface area (Å²) < 4.78 is 12.4. The molecule has 2 aromatic rings. The third-order valence-electron chi connectivity index (χ3n) is 3.44. The number of ether oxygens (including phenoxy) is 1. The fourth-order valence-electron chi connectivity index (χ4n) is 2.49. The highest BCUT2D eigenvalue weighted by Crippen LogP contribution is 2.28. The maximum absolute atomic E-state index is 12.0. The number of amides is 1. The molecule has 0 aliphatic carbocycles. The zero-order chi connectivity index (χ0) is 13.9. The van der Waals surface area contributed by atoms with E-state index >= 15 is 0 Å². The Bertz CT molecular complexity index is 576. The van der Waals surface area contributed by atoms with Crippen molar-refractivity contribution >= 4 is 5.91 Å². The first-order valence-electron chi connectivity index (χ1n) is 6.63. The SMILES string of the molecule is Cn1cc([C@H]2OCC[C@@H]2NC(=O)Cc2ccoc2)cn1. The maximum atomic E-state index is 12.0. The molecule has 2 atom stereocenters. The van der Waals surface area contributed by atoms with Crippen molar-refractivity contribution < 1.29 is 13.9 Å². The molecule has 3 heterocycles. The number of rotatable bonds is 4. The van der Waals surface area contributed by atoms with Gasteiger partial charge in [-0.05, 0) is 18.1 Å². The van der Waals surface area contributed by atoms with E-state index in [1.165, 1.54) is 0 Å². The van der Waals surface area contributed by atoms with E-state index in [1.807, 2.05) is 13.2 Å². The average molecular weight is 275 g/mol. The Morgan fingerprint density at radius 3 is 3.20 bits per heavy atom. The number of nitrogens with zero attached hydrogens (tertiary/aromatic N) is 2. The molecule has 1 N–H and O–H groups in total. The molecule has 1 fully saturated rings. The predicted molar refractivity (Wildman–Crippen MR) is 70.9 cm³/mol. The van der Waals surface area contributed by atoms with Gasteiger partial charge in [0.25, 0.3) is 0 Å². The van der Waals surface area contributed by atoms with Gasteiger partial charge in [0.15, 0.2) is 0 Å². The van der Waals surface area contributed by atoms with Crippen LogP contribution in [0.1, 0.15) is 23.7 Å². The Morgan fingerprint density at radius 1 is 1.60 bits per heavy atom. The van der Waals surface area contributed by atoms with Crippen LogP contribution in [0.5, 0.6) is 0 Å². The summed E-state index contributed by atoms with van der Waals surface area (Å²) in [6, 6.07) is 1.79. The summed E-state index contributed by atoms with van der Waals surface area (Å²) in [5.41, 5.74) is 1.87. The molecule has 0 bridgehead atoms. The Morgan fingerprint density at radius 2 is 2.50 bits per heavy atom. The second-order valence-corrected chi connectivity index (χ2v) is 5.01. The van der Waals surface area contributed by atoms with Crippen LogP contribution in [0.3, 0.4) is 0 Å². The molecule has 1 aliphatic rings. The number of nitrogens with one attached hydrogen (secondary N) is 1. The van der Waals surface area contributed by atoms with E-state index in [9.17, 15) is 4.79 Å². The molecule has 20 heavy (non-hydrogen) atoms. The smallest absolute Gasteiger partial charge is 0.224 e. The van der Waals surface area contributed by atoms with Crippen LogP contribution in [-0.2, 0) is 23.0 Å². The molecule has 6 nitrogen and oxygen atoms in total. The zero-order valence-corrected chi connectivity index (χ0v) is 11.3. The summed E-state index contributed by atoms with van der Waals surface area (Å²) in [6.07, 6.45) is 7.89. The number of carbonyl (C=O) groups excluding carboxylic acids is 1. The van der Waals surface area contributed by atoms with Gasteiger partial charge in [0.1, 0.15) is 6.10 Å². The van der Waals surface area contributed by atoms with Crippen molar-refractivity contribution in [3.63, 3.8) is 0 Å². The Kier molecular flexibility index (Phi) is 3.56. The lowest BCUT2D eigenvalue weighted by atomic mass is 10.1. The summed E-state index contributed by atoms with van der Waals surface area (Å²) in [6.45, 7) is 0.649.